The Hall–Kier alpha value is -0.190. The molecule has 3 nitrogen and oxygen atoms in total. The van der Waals surface area contributed by atoms with Crippen molar-refractivity contribution in [1.82, 2.24) is 4.90 Å². The molecule has 0 spiro atoms. The highest BCUT2D eigenvalue weighted by atomic mass is 32.1. The van der Waals surface area contributed by atoms with Crippen molar-refractivity contribution in [2.24, 2.45) is 5.73 Å². The summed E-state index contributed by atoms with van der Waals surface area (Å²) in [6.45, 7) is 3.77. The Labute approximate surface area is 85.2 Å². The highest BCUT2D eigenvalue weighted by Gasteiger charge is 2.23. The molecule has 0 radical (unpaired) electrons. The van der Waals surface area contributed by atoms with Gasteiger partial charge in [0.2, 0.25) is 0 Å². The van der Waals surface area contributed by atoms with E-state index in [1.54, 1.807) is 0 Å². The number of thiocarbonyl (C=S) groups is 1. The first-order valence-electron chi connectivity index (χ1n) is 4.72. The molecule has 1 aliphatic heterocycles. The van der Waals surface area contributed by atoms with Crippen LogP contribution in [0.3, 0.4) is 0 Å². The molecular weight excluding hydrogens is 184 g/mol. The van der Waals surface area contributed by atoms with Gasteiger partial charge in [-0.3, -0.25) is 4.90 Å². The first kappa shape index (κ1) is 10.9. The molecular formula is C9H18N2OS. The third-order valence-electron chi connectivity index (χ3n) is 2.79. The second-order valence-electron chi connectivity index (χ2n) is 3.59. The zero-order valence-corrected chi connectivity index (χ0v) is 9.14. The van der Waals surface area contributed by atoms with Crippen LogP contribution in [0, 0.1) is 0 Å². The Morgan fingerprint density at radius 3 is 2.54 bits per heavy atom. The van der Waals surface area contributed by atoms with E-state index in [9.17, 15) is 0 Å². The number of likely N-dealkylation sites (N-methyl/N-ethyl adjacent to an activating group) is 1. The van der Waals surface area contributed by atoms with Crippen molar-refractivity contribution in [2.45, 2.75) is 31.8 Å². The lowest BCUT2D eigenvalue weighted by Crippen LogP contribution is -2.47. The zero-order chi connectivity index (χ0) is 9.84. The van der Waals surface area contributed by atoms with Crippen molar-refractivity contribution in [1.29, 1.82) is 0 Å². The van der Waals surface area contributed by atoms with Crippen LogP contribution in [0.4, 0.5) is 0 Å². The SMILES string of the molecule is CC(C(N)=S)N(C)C1CCOCC1. The first-order valence-corrected chi connectivity index (χ1v) is 5.12. The topological polar surface area (TPSA) is 38.5 Å². The van der Waals surface area contributed by atoms with Crippen molar-refractivity contribution < 1.29 is 4.74 Å². The van der Waals surface area contributed by atoms with E-state index >= 15 is 0 Å². The van der Waals surface area contributed by atoms with Crippen LogP contribution < -0.4 is 5.73 Å². The third kappa shape index (κ3) is 2.90. The number of hydrogen-bond acceptors (Lipinski definition) is 3. The molecule has 13 heavy (non-hydrogen) atoms. The van der Waals surface area contributed by atoms with E-state index in [2.05, 4.69) is 18.9 Å². The summed E-state index contributed by atoms with van der Waals surface area (Å²) in [5, 5.41) is 0. The average Bonchev–Trinajstić information content (AvgIpc) is 2.17. The van der Waals surface area contributed by atoms with E-state index in [0.29, 0.717) is 11.0 Å². The van der Waals surface area contributed by atoms with Crippen LogP contribution in [0.1, 0.15) is 19.8 Å². The summed E-state index contributed by atoms with van der Waals surface area (Å²) in [5.74, 6) is 0. The predicted octanol–water partition coefficient (Wildman–Crippen LogP) is 0.772. The smallest absolute Gasteiger partial charge is 0.0899 e. The highest BCUT2D eigenvalue weighted by molar-refractivity contribution is 7.80. The van der Waals surface area contributed by atoms with E-state index in [4.69, 9.17) is 22.7 Å². The summed E-state index contributed by atoms with van der Waals surface area (Å²) in [6, 6.07) is 0.767. The molecule has 0 bridgehead atoms. The molecule has 1 heterocycles. The molecule has 1 aliphatic rings. The van der Waals surface area contributed by atoms with E-state index in [1.807, 2.05) is 0 Å². The molecule has 1 atom stereocenters. The summed E-state index contributed by atoms with van der Waals surface area (Å²) < 4.78 is 5.30. The largest absolute Gasteiger partial charge is 0.392 e. The molecule has 0 aromatic heterocycles. The summed E-state index contributed by atoms with van der Waals surface area (Å²) in [5.41, 5.74) is 5.60. The summed E-state index contributed by atoms with van der Waals surface area (Å²) in [6.07, 6.45) is 2.17. The summed E-state index contributed by atoms with van der Waals surface area (Å²) in [7, 11) is 2.08. The number of rotatable bonds is 3. The van der Waals surface area contributed by atoms with Crippen LogP contribution in [0.5, 0.6) is 0 Å². The fourth-order valence-electron chi connectivity index (χ4n) is 1.61. The molecule has 1 fully saturated rings. The number of nitrogens with zero attached hydrogens (tertiary/aromatic N) is 1. The minimum absolute atomic E-state index is 0.193. The molecule has 0 saturated carbocycles. The van der Waals surface area contributed by atoms with Gasteiger partial charge in [0, 0.05) is 19.3 Å². The van der Waals surface area contributed by atoms with Gasteiger partial charge in [0.15, 0.2) is 0 Å². The quantitative estimate of drug-likeness (QED) is 0.686. The second kappa shape index (κ2) is 4.88. The van der Waals surface area contributed by atoms with Crippen LogP contribution in [0.2, 0.25) is 0 Å². The molecule has 1 rings (SSSR count). The summed E-state index contributed by atoms with van der Waals surface area (Å²) in [4.78, 5) is 2.83. The maximum absolute atomic E-state index is 5.60. The maximum Gasteiger partial charge on any atom is 0.0899 e. The normalized spacial score (nSPS) is 21.8. The Kier molecular flexibility index (Phi) is 4.09. The first-order chi connectivity index (χ1) is 6.13. The molecule has 1 saturated heterocycles. The Bertz CT molecular complexity index is 180. The predicted molar refractivity (Wildman–Crippen MR) is 57.9 cm³/mol. The molecule has 2 N–H and O–H groups in total. The van der Waals surface area contributed by atoms with Crippen molar-refractivity contribution >= 4 is 17.2 Å². The van der Waals surface area contributed by atoms with Gasteiger partial charge in [-0.1, -0.05) is 12.2 Å². The van der Waals surface area contributed by atoms with E-state index in [0.717, 1.165) is 26.1 Å². The van der Waals surface area contributed by atoms with Crippen LogP contribution in [-0.4, -0.2) is 42.2 Å². The molecule has 0 amide bonds. The second-order valence-corrected chi connectivity index (χ2v) is 4.06. The number of nitrogens with two attached hydrogens (primary N) is 1. The van der Waals surface area contributed by atoms with Gasteiger partial charge in [0.1, 0.15) is 0 Å². The van der Waals surface area contributed by atoms with Crippen LogP contribution in [-0.2, 0) is 4.74 Å². The highest BCUT2D eigenvalue weighted by Crippen LogP contribution is 2.15. The van der Waals surface area contributed by atoms with Gasteiger partial charge < -0.3 is 10.5 Å². The van der Waals surface area contributed by atoms with E-state index in [1.165, 1.54) is 0 Å². The van der Waals surface area contributed by atoms with Gasteiger partial charge >= 0.3 is 0 Å². The Morgan fingerprint density at radius 2 is 2.08 bits per heavy atom. The minimum Gasteiger partial charge on any atom is -0.392 e. The lowest BCUT2D eigenvalue weighted by Gasteiger charge is -2.34. The number of ether oxygens (including phenoxy) is 1. The monoisotopic (exact) mass is 202 g/mol. The summed E-state index contributed by atoms with van der Waals surface area (Å²) >= 11 is 4.97. The van der Waals surface area contributed by atoms with Gasteiger partial charge in [0.05, 0.1) is 11.0 Å². The maximum atomic E-state index is 5.60. The minimum atomic E-state index is 0.193. The van der Waals surface area contributed by atoms with Gasteiger partial charge in [0.25, 0.3) is 0 Å². The zero-order valence-electron chi connectivity index (χ0n) is 8.32. The van der Waals surface area contributed by atoms with Gasteiger partial charge in [-0.15, -0.1) is 0 Å². The number of hydrogen-bond donors (Lipinski definition) is 1. The molecule has 1 unspecified atom stereocenters. The van der Waals surface area contributed by atoms with E-state index in [-0.39, 0.29) is 6.04 Å². The Balaban J connectivity index is 2.44. The van der Waals surface area contributed by atoms with Gasteiger partial charge in [-0.25, -0.2) is 0 Å². The fourth-order valence-corrected chi connectivity index (χ4v) is 1.78. The average molecular weight is 202 g/mol. The molecule has 0 aromatic carbocycles. The molecule has 4 heteroatoms. The van der Waals surface area contributed by atoms with Crippen LogP contribution in [0.25, 0.3) is 0 Å². The molecule has 0 aromatic rings. The van der Waals surface area contributed by atoms with Crippen molar-refractivity contribution in [3.63, 3.8) is 0 Å². The van der Waals surface area contributed by atoms with Crippen molar-refractivity contribution in [3.05, 3.63) is 0 Å². The van der Waals surface area contributed by atoms with Crippen molar-refractivity contribution in [3.8, 4) is 0 Å². The third-order valence-corrected chi connectivity index (χ3v) is 3.13. The Morgan fingerprint density at radius 1 is 1.54 bits per heavy atom. The van der Waals surface area contributed by atoms with Crippen LogP contribution in [0.15, 0.2) is 0 Å². The fraction of sp³-hybridized carbons (Fsp3) is 0.889. The lowest BCUT2D eigenvalue weighted by molar-refractivity contribution is 0.0392. The standard InChI is InChI=1S/C9H18N2OS/c1-7(9(10)13)11(2)8-3-5-12-6-4-8/h7-8H,3-6H2,1-2H3,(H2,10,13). The molecule has 0 aliphatic carbocycles. The van der Waals surface area contributed by atoms with E-state index < -0.39 is 0 Å². The van der Waals surface area contributed by atoms with Crippen LogP contribution >= 0.6 is 12.2 Å². The molecule has 76 valence electrons. The lowest BCUT2D eigenvalue weighted by atomic mass is 10.1. The van der Waals surface area contributed by atoms with Gasteiger partial charge in [-0.2, -0.15) is 0 Å². The van der Waals surface area contributed by atoms with Gasteiger partial charge in [-0.05, 0) is 26.8 Å². The van der Waals surface area contributed by atoms with Crippen molar-refractivity contribution in [2.75, 3.05) is 20.3 Å².